The van der Waals surface area contributed by atoms with E-state index in [0.29, 0.717) is 17.7 Å². The highest BCUT2D eigenvalue weighted by Crippen LogP contribution is 2.47. The third-order valence-electron chi connectivity index (χ3n) is 4.75. The highest BCUT2D eigenvalue weighted by Gasteiger charge is 2.22. The van der Waals surface area contributed by atoms with Crippen LogP contribution in [-0.4, -0.2) is 11.5 Å². The molecule has 0 radical (unpaired) electrons. The first kappa shape index (κ1) is 19.1. The molecule has 0 fully saturated rings. The molecule has 2 aromatic carbocycles. The maximum atomic E-state index is 11.2. The van der Waals surface area contributed by atoms with Crippen molar-refractivity contribution in [2.75, 3.05) is 5.32 Å². The molecule has 0 saturated carbocycles. The third kappa shape index (κ3) is 3.61. The van der Waals surface area contributed by atoms with Gasteiger partial charge in [0.2, 0.25) is 6.41 Å². The molecule has 3 aromatic rings. The Labute approximate surface area is 163 Å². The number of hydrogen-bond acceptors (Lipinski definition) is 4. The van der Waals surface area contributed by atoms with Gasteiger partial charge in [-0.25, -0.2) is 0 Å². The fraction of sp³-hybridized carbons (Fsp3) is 0.227. The molecule has 0 unspecified atom stereocenters. The van der Waals surface area contributed by atoms with E-state index in [1.807, 2.05) is 63.4 Å². The minimum absolute atomic E-state index is 0.185. The second-order valence-electron chi connectivity index (χ2n) is 7.29. The van der Waals surface area contributed by atoms with Crippen LogP contribution in [0.5, 0.6) is 5.75 Å². The van der Waals surface area contributed by atoms with Crippen LogP contribution >= 0.6 is 11.3 Å². The van der Waals surface area contributed by atoms with Crippen molar-refractivity contribution >= 4 is 23.4 Å². The minimum Gasteiger partial charge on any atom is -0.507 e. The number of benzene rings is 2. The summed E-state index contributed by atoms with van der Waals surface area (Å²) in [5.74, 6) is 0.185. The molecule has 0 aliphatic heterocycles. The number of thiophene rings is 1. The standard InChI is InChI=1S/C22H24N2O2S/c1-13-11-18(26)19(15-5-7-16(8-6-15)22(3,4)23)20(21(13)24-12-25)17-9-10-27-14(17)2/h5-12,26H,23H2,1-4H3,(H,24,25). The zero-order chi connectivity index (χ0) is 19.8. The number of phenolic OH excluding ortho intramolecular Hbond substituents is 1. The SMILES string of the molecule is Cc1cc(O)c(-c2ccc(C(C)(C)N)cc2)c(-c2ccsc2C)c1NC=O. The van der Waals surface area contributed by atoms with E-state index in [9.17, 15) is 9.90 Å². The van der Waals surface area contributed by atoms with Crippen molar-refractivity contribution < 1.29 is 9.90 Å². The number of amides is 1. The quantitative estimate of drug-likeness (QED) is 0.422. The van der Waals surface area contributed by atoms with Gasteiger partial charge in [-0.2, -0.15) is 0 Å². The predicted octanol–water partition coefficient (Wildman–Crippen LogP) is 5.17. The summed E-state index contributed by atoms with van der Waals surface area (Å²) >= 11 is 1.63. The average molecular weight is 381 g/mol. The average Bonchev–Trinajstić information content (AvgIpc) is 3.02. The van der Waals surface area contributed by atoms with E-state index >= 15 is 0 Å². The lowest BCUT2D eigenvalue weighted by Crippen LogP contribution is -2.28. The van der Waals surface area contributed by atoms with Crippen LogP contribution in [0, 0.1) is 13.8 Å². The first-order valence-electron chi connectivity index (χ1n) is 8.75. The van der Waals surface area contributed by atoms with E-state index < -0.39 is 5.54 Å². The van der Waals surface area contributed by atoms with Gasteiger partial charge in [0, 0.05) is 21.5 Å². The number of nitrogens with two attached hydrogens (primary N) is 1. The summed E-state index contributed by atoms with van der Waals surface area (Å²) in [6, 6.07) is 11.6. The zero-order valence-electron chi connectivity index (χ0n) is 16.0. The van der Waals surface area contributed by atoms with Gasteiger partial charge in [0.1, 0.15) is 5.75 Å². The van der Waals surface area contributed by atoms with Gasteiger partial charge in [0.15, 0.2) is 0 Å². The molecule has 1 aromatic heterocycles. The van der Waals surface area contributed by atoms with Crippen LogP contribution in [0.2, 0.25) is 0 Å². The van der Waals surface area contributed by atoms with Crippen molar-refractivity contribution in [2.24, 2.45) is 5.73 Å². The number of rotatable bonds is 5. The van der Waals surface area contributed by atoms with Gasteiger partial charge < -0.3 is 16.2 Å². The minimum atomic E-state index is -0.440. The molecule has 1 amide bonds. The maximum absolute atomic E-state index is 11.2. The maximum Gasteiger partial charge on any atom is 0.211 e. The first-order valence-corrected chi connectivity index (χ1v) is 9.63. The third-order valence-corrected chi connectivity index (χ3v) is 5.60. The van der Waals surface area contributed by atoms with Crippen molar-refractivity contribution in [1.82, 2.24) is 0 Å². The molecule has 0 aliphatic rings. The van der Waals surface area contributed by atoms with Crippen LogP contribution in [0.4, 0.5) is 5.69 Å². The van der Waals surface area contributed by atoms with Gasteiger partial charge in [-0.05, 0) is 67.5 Å². The molecule has 4 nitrogen and oxygen atoms in total. The Kier molecular flexibility index (Phi) is 5.09. The summed E-state index contributed by atoms with van der Waals surface area (Å²) in [6.45, 7) is 7.82. The Bertz CT molecular complexity index is 983. The van der Waals surface area contributed by atoms with Crippen molar-refractivity contribution in [3.8, 4) is 28.0 Å². The Morgan fingerprint density at radius 2 is 1.78 bits per heavy atom. The fourth-order valence-electron chi connectivity index (χ4n) is 3.32. The van der Waals surface area contributed by atoms with Crippen molar-refractivity contribution in [2.45, 2.75) is 33.2 Å². The molecule has 4 N–H and O–H groups in total. The van der Waals surface area contributed by atoms with Gasteiger partial charge in [-0.15, -0.1) is 11.3 Å². The second kappa shape index (κ2) is 7.18. The highest BCUT2D eigenvalue weighted by molar-refractivity contribution is 7.10. The van der Waals surface area contributed by atoms with Crippen LogP contribution in [0.3, 0.4) is 0 Å². The summed E-state index contributed by atoms with van der Waals surface area (Å²) in [5.41, 5.74) is 11.7. The normalized spacial score (nSPS) is 11.4. The number of hydrogen-bond donors (Lipinski definition) is 3. The van der Waals surface area contributed by atoms with Crippen LogP contribution in [-0.2, 0) is 10.3 Å². The topological polar surface area (TPSA) is 75.3 Å². The summed E-state index contributed by atoms with van der Waals surface area (Å²) in [4.78, 5) is 12.4. The van der Waals surface area contributed by atoms with Crippen LogP contribution in [0.15, 0.2) is 41.8 Å². The number of aromatic hydroxyl groups is 1. The highest BCUT2D eigenvalue weighted by atomic mass is 32.1. The molecule has 0 spiro atoms. The lowest BCUT2D eigenvalue weighted by Gasteiger charge is -2.21. The van der Waals surface area contributed by atoms with E-state index in [2.05, 4.69) is 5.32 Å². The van der Waals surface area contributed by atoms with Crippen LogP contribution < -0.4 is 11.1 Å². The van der Waals surface area contributed by atoms with E-state index in [-0.39, 0.29) is 5.75 Å². The molecular formula is C22H24N2O2S. The number of carbonyl (C=O) groups excluding carboxylic acids is 1. The zero-order valence-corrected chi connectivity index (χ0v) is 16.8. The van der Waals surface area contributed by atoms with Crippen molar-refractivity contribution in [3.63, 3.8) is 0 Å². The monoisotopic (exact) mass is 380 g/mol. The molecular weight excluding hydrogens is 356 g/mol. The number of aryl methyl sites for hydroxylation is 2. The molecule has 1 heterocycles. The molecule has 140 valence electrons. The fourth-order valence-corrected chi connectivity index (χ4v) is 4.02. The van der Waals surface area contributed by atoms with Crippen molar-refractivity contribution in [3.05, 3.63) is 57.8 Å². The number of nitrogens with one attached hydrogen (secondary N) is 1. The van der Waals surface area contributed by atoms with E-state index in [0.717, 1.165) is 32.7 Å². The van der Waals surface area contributed by atoms with Crippen molar-refractivity contribution in [1.29, 1.82) is 0 Å². The molecule has 3 rings (SSSR count). The van der Waals surface area contributed by atoms with Gasteiger partial charge in [-0.3, -0.25) is 4.79 Å². The van der Waals surface area contributed by atoms with Gasteiger partial charge in [-0.1, -0.05) is 24.3 Å². The smallest absolute Gasteiger partial charge is 0.211 e. The Morgan fingerprint density at radius 1 is 1.11 bits per heavy atom. The van der Waals surface area contributed by atoms with E-state index in [1.165, 1.54) is 0 Å². The lowest BCUT2D eigenvalue weighted by molar-refractivity contribution is -0.105. The largest absolute Gasteiger partial charge is 0.507 e. The van der Waals surface area contributed by atoms with E-state index in [1.54, 1.807) is 17.4 Å². The Hall–Kier alpha value is -2.63. The number of phenols is 1. The van der Waals surface area contributed by atoms with Crippen LogP contribution in [0.25, 0.3) is 22.3 Å². The number of carbonyl (C=O) groups is 1. The van der Waals surface area contributed by atoms with Gasteiger partial charge in [0.05, 0.1) is 5.69 Å². The summed E-state index contributed by atoms with van der Waals surface area (Å²) in [5, 5.41) is 15.6. The summed E-state index contributed by atoms with van der Waals surface area (Å²) in [6.07, 6.45) is 0.675. The summed E-state index contributed by atoms with van der Waals surface area (Å²) in [7, 11) is 0. The molecule has 5 heteroatoms. The Balaban J connectivity index is 2.31. The first-order chi connectivity index (χ1) is 12.7. The Morgan fingerprint density at radius 3 is 2.30 bits per heavy atom. The molecule has 0 aliphatic carbocycles. The predicted molar refractivity (Wildman–Crippen MR) is 113 cm³/mol. The van der Waals surface area contributed by atoms with Gasteiger partial charge in [0.25, 0.3) is 0 Å². The molecule has 0 atom stereocenters. The van der Waals surface area contributed by atoms with Crippen LogP contribution in [0.1, 0.15) is 29.9 Å². The summed E-state index contributed by atoms with van der Waals surface area (Å²) < 4.78 is 0. The molecule has 27 heavy (non-hydrogen) atoms. The molecule has 0 saturated heterocycles. The lowest BCUT2D eigenvalue weighted by atomic mass is 9.88. The molecule has 0 bridgehead atoms. The van der Waals surface area contributed by atoms with E-state index in [4.69, 9.17) is 5.73 Å². The second-order valence-corrected chi connectivity index (χ2v) is 8.41. The number of anilines is 1. The van der Waals surface area contributed by atoms with Gasteiger partial charge >= 0.3 is 0 Å².